The van der Waals surface area contributed by atoms with Crippen molar-refractivity contribution in [2.45, 2.75) is 6.04 Å². The highest BCUT2D eigenvalue weighted by Crippen LogP contribution is 2.11. The zero-order valence-electron chi connectivity index (χ0n) is 7.97. The van der Waals surface area contributed by atoms with Crippen molar-refractivity contribution in [3.05, 3.63) is 0 Å². The van der Waals surface area contributed by atoms with Gasteiger partial charge in [0, 0.05) is 19.6 Å². The maximum absolute atomic E-state index is 11.3. The molecule has 0 aromatic carbocycles. The van der Waals surface area contributed by atoms with E-state index in [1.54, 1.807) is 0 Å². The quantitative estimate of drug-likeness (QED) is 0.603. The van der Waals surface area contributed by atoms with Crippen molar-refractivity contribution in [1.29, 1.82) is 0 Å². The molecule has 13 heavy (non-hydrogen) atoms. The van der Waals surface area contributed by atoms with Crippen LogP contribution in [-0.2, 0) is 10.0 Å². The first-order chi connectivity index (χ1) is 5.95. The van der Waals surface area contributed by atoms with Gasteiger partial charge >= 0.3 is 0 Å². The number of aliphatic hydroxyl groups excluding tert-OH is 1. The van der Waals surface area contributed by atoms with Crippen molar-refractivity contribution in [2.24, 2.45) is 0 Å². The Labute approximate surface area is 79.0 Å². The van der Waals surface area contributed by atoms with Crippen molar-refractivity contribution in [2.75, 3.05) is 39.5 Å². The van der Waals surface area contributed by atoms with Crippen molar-refractivity contribution in [1.82, 2.24) is 9.21 Å². The van der Waals surface area contributed by atoms with Gasteiger partial charge in [0.15, 0.2) is 0 Å². The van der Waals surface area contributed by atoms with Crippen LogP contribution in [0.2, 0.25) is 0 Å². The molecule has 0 aliphatic carbocycles. The molecule has 0 saturated carbocycles. The van der Waals surface area contributed by atoms with Gasteiger partial charge in [0.2, 0.25) is 10.0 Å². The summed E-state index contributed by atoms with van der Waals surface area (Å²) < 4.78 is 23.9. The number of rotatable bonds is 2. The summed E-state index contributed by atoms with van der Waals surface area (Å²) in [7, 11) is -1.24. The second-order valence-corrected chi connectivity index (χ2v) is 5.41. The van der Waals surface area contributed by atoms with E-state index in [1.807, 2.05) is 11.9 Å². The van der Waals surface area contributed by atoms with Gasteiger partial charge in [-0.1, -0.05) is 0 Å². The highest BCUT2D eigenvalue weighted by molar-refractivity contribution is 7.88. The lowest BCUT2D eigenvalue weighted by Gasteiger charge is -2.37. The Kier molecular flexibility index (Phi) is 3.28. The summed E-state index contributed by atoms with van der Waals surface area (Å²) in [6.07, 6.45) is 1.18. The Bertz CT molecular complexity index is 265. The molecule has 0 aromatic heterocycles. The maximum Gasteiger partial charge on any atom is 0.211 e. The number of nitrogens with zero attached hydrogens (tertiary/aromatic N) is 2. The third kappa shape index (κ3) is 2.63. The van der Waals surface area contributed by atoms with Crippen molar-refractivity contribution >= 4 is 10.0 Å². The molecule has 1 unspecified atom stereocenters. The molecule has 0 amide bonds. The Morgan fingerprint density at radius 3 is 2.54 bits per heavy atom. The van der Waals surface area contributed by atoms with Crippen LogP contribution in [0.3, 0.4) is 0 Å². The lowest BCUT2D eigenvalue weighted by molar-refractivity contribution is 0.107. The lowest BCUT2D eigenvalue weighted by atomic mass is 10.2. The molecule has 0 bridgehead atoms. The summed E-state index contributed by atoms with van der Waals surface area (Å²) in [5.74, 6) is 0. The molecule has 1 aliphatic rings. The zero-order valence-corrected chi connectivity index (χ0v) is 8.79. The predicted octanol–water partition coefficient (Wildman–Crippen LogP) is -1.45. The summed E-state index contributed by atoms with van der Waals surface area (Å²) >= 11 is 0. The van der Waals surface area contributed by atoms with E-state index in [0.29, 0.717) is 13.1 Å². The summed E-state index contributed by atoms with van der Waals surface area (Å²) in [5.41, 5.74) is 0. The first kappa shape index (κ1) is 10.9. The van der Waals surface area contributed by atoms with E-state index in [0.717, 1.165) is 6.54 Å². The van der Waals surface area contributed by atoms with E-state index < -0.39 is 10.0 Å². The van der Waals surface area contributed by atoms with Crippen LogP contribution in [-0.4, -0.2) is 68.3 Å². The van der Waals surface area contributed by atoms with Crippen LogP contribution in [0.4, 0.5) is 0 Å². The predicted molar refractivity (Wildman–Crippen MR) is 49.9 cm³/mol. The van der Waals surface area contributed by atoms with Crippen LogP contribution in [0.15, 0.2) is 0 Å². The molecular weight excluding hydrogens is 192 g/mol. The van der Waals surface area contributed by atoms with Gasteiger partial charge in [-0.05, 0) is 7.05 Å². The second-order valence-electron chi connectivity index (χ2n) is 3.47. The van der Waals surface area contributed by atoms with Gasteiger partial charge in [0.05, 0.1) is 18.9 Å². The largest absolute Gasteiger partial charge is 0.395 e. The lowest BCUT2D eigenvalue weighted by Crippen LogP contribution is -2.55. The summed E-state index contributed by atoms with van der Waals surface area (Å²) in [5, 5.41) is 9.01. The molecule has 0 aromatic rings. The van der Waals surface area contributed by atoms with Crippen molar-refractivity contribution in [3.8, 4) is 0 Å². The molecule has 5 nitrogen and oxygen atoms in total. The third-order valence-electron chi connectivity index (χ3n) is 2.27. The molecule has 1 heterocycles. The topological polar surface area (TPSA) is 60.9 Å². The first-order valence-corrected chi connectivity index (χ1v) is 6.06. The van der Waals surface area contributed by atoms with E-state index in [4.69, 9.17) is 5.11 Å². The van der Waals surface area contributed by atoms with Gasteiger partial charge in [-0.2, -0.15) is 4.31 Å². The summed E-state index contributed by atoms with van der Waals surface area (Å²) in [4.78, 5) is 2.02. The summed E-state index contributed by atoms with van der Waals surface area (Å²) in [6.45, 7) is 1.69. The van der Waals surface area contributed by atoms with Gasteiger partial charge in [0.1, 0.15) is 0 Å². The third-order valence-corrected chi connectivity index (χ3v) is 3.60. The van der Waals surface area contributed by atoms with E-state index in [-0.39, 0.29) is 12.6 Å². The molecule has 1 rings (SSSR count). The maximum atomic E-state index is 11.3. The second kappa shape index (κ2) is 3.91. The minimum absolute atomic E-state index is 0.114. The smallest absolute Gasteiger partial charge is 0.211 e. The van der Waals surface area contributed by atoms with Crippen LogP contribution >= 0.6 is 0 Å². The molecule has 1 atom stereocenters. The zero-order chi connectivity index (χ0) is 10.1. The fourth-order valence-corrected chi connectivity index (χ4v) is 2.67. The fourth-order valence-electron chi connectivity index (χ4n) is 1.58. The van der Waals surface area contributed by atoms with Crippen molar-refractivity contribution in [3.63, 3.8) is 0 Å². The molecule has 6 heteroatoms. The SMILES string of the molecule is CN1CCN(S(C)(=O)=O)C(CO)C1. The van der Waals surface area contributed by atoms with E-state index in [1.165, 1.54) is 10.6 Å². The fraction of sp³-hybridized carbons (Fsp3) is 1.00. The molecule has 1 N–H and O–H groups in total. The van der Waals surface area contributed by atoms with Gasteiger partial charge in [-0.3, -0.25) is 0 Å². The monoisotopic (exact) mass is 208 g/mol. The average Bonchev–Trinajstić information content (AvgIpc) is 2.01. The normalized spacial score (nSPS) is 27.8. The molecule has 78 valence electrons. The van der Waals surface area contributed by atoms with Crippen LogP contribution in [0, 0.1) is 0 Å². The Morgan fingerprint density at radius 2 is 2.08 bits per heavy atom. The van der Waals surface area contributed by atoms with E-state index >= 15 is 0 Å². The van der Waals surface area contributed by atoms with Crippen LogP contribution < -0.4 is 0 Å². The minimum atomic E-state index is -3.16. The van der Waals surface area contributed by atoms with E-state index in [2.05, 4.69) is 0 Å². The number of likely N-dealkylation sites (N-methyl/N-ethyl adjacent to an activating group) is 1. The van der Waals surface area contributed by atoms with Crippen molar-refractivity contribution < 1.29 is 13.5 Å². The van der Waals surface area contributed by atoms with Crippen LogP contribution in [0.25, 0.3) is 0 Å². The molecular formula is C7H16N2O3S. The Balaban J connectivity index is 2.74. The first-order valence-electron chi connectivity index (χ1n) is 4.21. The number of aliphatic hydroxyl groups is 1. The highest BCUT2D eigenvalue weighted by Gasteiger charge is 2.30. The molecule has 1 aliphatic heterocycles. The Hall–Kier alpha value is -0.170. The molecule has 1 fully saturated rings. The van der Waals surface area contributed by atoms with Gasteiger partial charge < -0.3 is 10.0 Å². The summed E-state index contributed by atoms with van der Waals surface area (Å²) in [6, 6.07) is -0.284. The number of sulfonamides is 1. The standard InChI is InChI=1S/C7H16N2O3S/c1-8-3-4-9(13(2,11)12)7(5-8)6-10/h7,10H,3-6H2,1-2H3. The molecule has 0 spiro atoms. The van der Waals surface area contributed by atoms with Crippen LogP contribution in [0.1, 0.15) is 0 Å². The highest BCUT2D eigenvalue weighted by atomic mass is 32.2. The van der Waals surface area contributed by atoms with Gasteiger partial charge in [0.25, 0.3) is 0 Å². The Morgan fingerprint density at radius 1 is 1.46 bits per heavy atom. The molecule has 1 saturated heterocycles. The average molecular weight is 208 g/mol. The molecule has 0 radical (unpaired) electrons. The minimum Gasteiger partial charge on any atom is -0.395 e. The number of hydrogen-bond acceptors (Lipinski definition) is 4. The van der Waals surface area contributed by atoms with Crippen LogP contribution in [0.5, 0.6) is 0 Å². The number of piperazine rings is 1. The van der Waals surface area contributed by atoms with Gasteiger partial charge in [-0.25, -0.2) is 8.42 Å². The van der Waals surface area contributed by atoms with E-state index in [9.17, 15) is 8.42 Å². The number of hydrogen-bond donors (Lipinski definition) is 1. The van der Waals surface area contributed by atoms with Gasteiger partial charge in [-0.15, -0.1) is 0 Å².